The minimum absolute atomic E-state index is 0.0540. The van der Waals surface area contributed by atoms with Gasteiger partial charge in [0.25, 0.3) is 5.91 Å². The van der Waals surface area contributed by atoms with Crippen LogP contribution in [0.3, 0.4) is 0 Å². The second-order valence-electron chi connectivity index (χ2n) is 6.18. The Bertz CT molecular complexity index is 715. The third kappa shape index (κ3) is 3.82. The number of carbonyl (C=O) groups is 1. The summed E-state index contributed by atoms with van der Waals surface area (Å²) in [7, 11) is -2.86. The Kier molecular flexibility index (Phi) is 4.88. The lowest BCUT2D eigenvalue weighted by atomic mass is 10.1. The Morgan fingerprint density at radius 3 is 2.43 bits per heavy atom. The van der Waals surface area contributed by atoms with Gasteiger partial charge in [0.05, 0.1) is 42.0 Å². The molecule has 1 atom stereocenters. The molecular weight excluding hydrogens is 359 g/mol. The molecule has 23 heavy (non-hydrogen) atoms. The molecule has 8 heteroatoms. The summed E-state index contributed by atoms with van der Waals surface area (Å²) in [4.78, 5) is 15.6. The number of nitrogens with zero attached hydrogens (tertiary/aromatic N) is 1. The van der Waals surface area contributed by atoms with E-state index in [9.17, 15) is 13.2 Å². The summed E-state index contributed by atoms with van der Waals surface area (Å²) in [6, 6.07) is 5.08. The number of sulfone groups is 1. The summed E-state index contributed by atoms with van der Waals surface area (Å²) in [5.74, 6) is 0.526. The van der Waals surface area contributed by atoms with Gasteiger partial charge in [0.2, 0.25) is 0 Å². The Morgan fingerprint density at radius 1 is 1.17 bits per heavy atom. The molecule has 0 spiro atoms. The Hall–Kier alpha value is -0.820. The fourth-order valence-electron chi connectivity index (χ4n) is 3.33. The first-order valence-corrected chi connectivity index (χ1v) is 10.2. The van der Waals surface area contributed by atoms with Crippen LogP contribution in [0.4, 0.5) is 0 Å². The van der Waals surface area contributed by atoms with Crippen molar-refractivity contribution >= 4 is 38.9 Å². The summed E-state index contributed by atoms with van der Waals surface area (Å²) in [5, 5.41) is 0.804. The number of carbonyl (C=O) groups excluding carboxylic acids is 1. The molecule has 5 nitrogen and oxygen atoms in total. The smallest absolute Gasteiger partial charge is 0.254 e. The second-order valence-corrected chi connectivity index (χ2v) is 9.22. The van der Waals surface area contributed by atoms with Gasteiger partial charge in [-0.1, -0.05) is 23.2 Å². The number of amides is 1. The molecule has 1 aromatic rings. The summed E-state index contributed by atoms with van der Waals surface area (Å²) in [5.41, 5.74) is 0.534. The lowest BCUT2D eigenvalue weighted by Gasteiger charge is -2.35. The van der Waals surface area contributed by atoms with Gasteiger partial charge in [0.15, 0.2) is 9.84 Å². The highest BCUT2D eigenvalue weighted by atomic mass is 35.5. The van der Waals surface area contributed by atoms with Crippen LogP contribution in [0.15, 0.2) is 18.2 Å². The second kappa shape index (κ2) is 6.59. The maximum atomic E-state index is 12.5. The van der Waals surface area contributed by atoms with Crippen molar-refractivity contribution in [1.82, 2.24) is 4.90 Å². The predicted octanol–water partition coefficient (Wildman–Crippen LogP) is 0.521. The summed E-state index contributed by atoms with van der Waals surface area (Å²) in [6.07, 6.45) is 0.735. The normalized spacial score (nSPS) is 24.8. The van der Waals surface area contributed by atoms with Crippen LogP contribution < -0.4 is 4.90 Å². The van der Waals surface area contributed by atoms with Gasteiger partial charge in [-0.2, -0.15) is 0 Å². The van der Waals surface area contributed by atoms with E-state index in [-0.39, 0.29) is 17.7 Å². The molecule has 2 saturated heterocycles. The van der Waals surface area contributed by atoms with Crippen LogP contribution in [-0.4, -0.2) is 63.0 Å². The molecule has 3 rings (SSSR count). The lowest BCUT2D eigenvalue weighted by Crippen LogP contribution is -3.18. The third-order valence-electron chi connectivity index (χ3n) is 4.67. The Balaban J connectivity index is 1.60. The van der Waals surface area contributed by atoms with Crippen LogP contribution >= 0.6 is 23.2 Å². The zero-order valence-electron chi connectivity index (χ0n) is 12.6. The zero-order chi connectivity index (χ0) is 16.6. The Morgan fingerprint density at radius 2 is 1.87 bits per heavy atom. The van der Waals surface area contributed by atoms with Crippen molar-refractivity contribution in [3.05, 3.63) is 33.8 Å². The van der Waals surface area contributed by atoms with E-state index < -0.39 is 9.84 Å². The summed E-state index contributed by atoms with van der Waals surface area (Å²) >= 11 is 11.8. The average Bonchev–Trinajstić information content (AvgIpc) is 2.89. The molecule has 1 amide bonds. The predicted molar refractivity (Wildman–Crippen MR) is 90.1 cm³/mol. The van der Waals surface area contributed by atoms with Gasteiger partial charge >= 0.3 is 0 Å². The fourth-order valence-corrected chi connectivity index (χ4v) is 5.46. The average molecular weight is 378 g/mol. The number of halogens is 2. The first-order valence-electron chi connectivity index (χ1n) is 7.65. The number of hydrogen-bond donors (Lipinski definition) is 1. The van der Waals surface area contributed by atoms with Crippen molar-refractivity contribution in [2.24, 2.45) is 0 Å². The molecule has 0 aromatic heterocycles. The van der Waals surface area contributed by atoms with Crippen LogP contribution in [0.2, 0.25) is 10.0 Å². The van der Waals surface area contributed by atoms with Crippen molar-refractivity contribution < 1.29 is 18.1 Å². The van der Waals surface area contributed by atoms with Crippen molar-refractivity contribution in [3.8, 4) is 0 Å². The number of nitrogens with one attached hydrogen (secondary N) is 1. The highest BCUT2D eigenvalue weighted by Gasteiger charge is 2.37. The Labute approximate surface area is 146 Å². The minimum atomic E-state index is -2.86. The van der Waals surface area contributed by atoms with E-state index in [0.717, 1.165) is 19.5 Å². The molecular formula is C15H19Cl2N2O3S+. The van der Waals surface area contributed by atoms with Gasteiger partial charge in [-0.15, -0.1) is 0 Å². The van der Waals surface area contributed by atoms with Gasteiger partial charge in [-0.05, 0) is 18.2 Å². The molecule has 0 unspecified atom stereocenters. The lowest BCUT2D eigenvalue weighted by molar-refractivity contribution is -0.925. The molecule has 0 aliphatic carbocycles. The van der Waals surface area contributed by atoms with Gasteiger partial charge in [0, 0.05) is 12.0 Å². The van der Waals surface area contributed by atoms with E-state index in [1.807, 2.05) is 0 Å². The number of piperazine rings is 1. The standard InChI is InChI=1S/C15H18Cl2N2O3S/c16-13-2-1-11(9-14(13)17)15(20)19-6-4-18(5-7-19)12-3-8-23(21,22)10-12/h1-2,9,12H,3-8,10H2/p+1/t12-/m0/s1. The van der Waals surface area contributed by atoms with Crippen molar-refractivity contribution in [2.45, 2.75) is 12.5 Å². The topological polar surface area (TPSA) is 58.9 Å². The molecule has 1 N–H and O–H groups in total. The minimum Gasteiger partial charge on any atom is -0.329 e. The molecule has 0 radical (unpaired) electrons. The molecule has 2 aliphatic rings. The number of quaternary nitrogens is 1. The van der Waals surface area contributed by atoms with Gasteiger partial charge in [-0.25, -0.2) is 8.42 Å². The van der Waals surface area contributed by atoms with Gasteiger partial charge in [0.1, 0.15) is 11.8 Å². The molecule has 126 valence electrons. The van der Waals surface area contributed by atoms with Crippen molar-refractivity contribution in [3.63, 3.8) is 0 Å². The zero-order valence-corrected chi connectivity index (χ0v) is 14.9. The third-order valence-corrected chi connectivity index (χ3v) is 7.18. The highest BCUT2D eigenvalue weighted by Crippen LogP contribution is 2.23. The van der Waals surface area contributed by atoms with Gasteiger partial charge < -0.3 is 9.80 Å². The van der Waals surface area contributed by atoms with Crippen LogP contribution in [0.25, 0.3) is 0 Å². The van der Waals surface area contributed by atoms with Crippen LogP contribution in [-0.2, 0) is 9.84 Å². The fraction of sp³-hybridized carbons (Fsp3) is 0.533. The van der Waals surface area contributed by atoms with Crippen LogP contribution in [0.5, 0.6) is 0 Å². The first-order chi connectivity index (χ1) is 10.9. The SMILES string of the molecule is O=C(c1ccc(Cl)c(Cl)c1)N1CC[NH+]([C@H]2CCS(=O)(=O)C2)CC1. The maximum absolute atomic E-state index is 12.5. The first kappa shape index (κ1) is 17.0. The molecule has 0 saturated carbocycles. The molecule has 2 aliphatic heterocycles. The van der Waals surface area contributed by atoms with E-state index in [1.165, 1.54) is 4.90 Å². The van der Waals surface area contributed by atoms with E-state index in [4.69, 9.17) is 23.2 Å². The monoisotopic (exact) mass is 377 g/mol. The number of benzene rings is 1. The van der Waals surface area contributed by atoms with Crippen LogP contribution in [0, 0.1) is 0 Å². The summed E-state index contributed by atoms with van der Waals surface area (Å²) < 4.78 is 23.2. The van der Waals surface area contributed by atoms with Gasteiger partial charge in [-0.3, -0.25) is 4.79 Å². The van der Waals surface area contributed by atoms with E-state index in [0.29, 0.717) is 34.5 Å². The van der Waals surface area contributed by atoms with E-state index in [2.05, 4.69) is 0 Å². The molecule has 2 fully saturated rings. The van der Waals surface area contributed by atoms with Crippen molar-refractivity contribution in [2.75, 3.05) is 37.7 Å². The largest absolute Gasteiger partial charge is 0.329 e. The molecule has 1 aromatic carbocycles. The number of hydrogen-bond acceptors (Lipinski definition) is 3. The van der Waals surface area contributed by atoms with Crippen molar-refractivity contribution in [1.29, 1.82) is 0 Å². The highest BCUT2D eigenvalue weighted by molar-refractivity contribution is 7.91. The number of rotatable bonds is 2. The summed E-state index contributed by atoms with van der Waals surface area (Å²) in [6.45, 7) is 2.83. The van der Waals surface area contributed by atoms with E-state index in [1.54, 1.807) is 23.1 Å². The quantitative estimate of drug-likeness (QED) is 0.817. The van der Waals surface area contributed by atoms with E-state index >= 15 is 0 Å². The molecule has 0 bridgehead atoms. The maximum Gasteiger partial charge on any atom is 0.254 e. The molecule has 2 heterocycles. The van der Waals surface area contributed by atoms with Crippen LogP contribution in [0.1, 0.15) is 16.8 Å².